The summed E-state index contributed by atoms with van der Waals surface area (Å²) in [6.45, 7) is 6.06. The quantitative estimate of drug-likeness (QED) is 0.597. The minimum atomic E-state index is 0.318. The van der Waals surface area contributed by atoms with Crippen molar-refractivity contribution in [1.82, 2.24) is 0 Å². The highest BCUT2D eigenvalue weighted by molar-refractivity contribution is 4.83. The molecule has 9 heavy (non-hydrogen) atoms. The Hall–Kier alpha value is -0.0800. The van der Waals surface area contributed by atoms with E-state index >= 15 is 0 Å². The fourth-order valence-electron chi connectivity index (χ4n) is 1.35. The normalized spacial score (nSPS) is 27.0. The Balaban J connectivity index is 2.24. The minimum Gasteiger partial charge on any atom is -0.380 e. The van der Waals surface area contributed by atoms with Crippen molar-refractivity contribution in [3.05, 3.63) is 0 Å². The molecule has 0 unspecified atom stereocenters. The summed E-state index contributed by atoms with van der Waals surface area (Å²) >= 11 is 0. The summed E-state index contributed by atoms with van der Waals surface area (Å²) in [5, 5.41) is 0. The maximum atomic E-state index is 5.63. The van der Waals surface area contributed by atoms with Crippen molar-refractivity contribution in [3.8, 4) is 0 Å². The van der Waals surface area contributed by atoms with Gasteiger partial charge < -0.3 is 10.5 Å². The number of hydrogen-bond acceptors (Lipinski definition) is 2. The molecule has 1 fully saturated rings. The lowest BCUT2D eigenvalue weighted by atomic mass is 9.82. The molecule has 1 aliphatic rings. The summed E-state index contributed by atoms with van der Waals surface area (Å²) in [5.74, 6) is 0. The van der Waals surface area contributed by atoms with Crippen LogP contribution in [0, 0.1) is 5.41 Å². The zero-order chi connectivity index (χ0) is 6.91. The zero-order valence-corrected chi connectivity index (χ0v) is 6.18. The standard InChI is InChI=1S/C7H15NO/c1-6(8)3-7(2)4-9-5-7/h6H,3-5,8H2,1-2H3/t6-/m0/s1. The van der Waals surface area contributed by atoms with Crippen molar-refractivity contribution in [2.45, 2.75) is 26.3 Å². The van der Waals surface area contributed by atoms with Crippen molar-refractivity contribution >= 4 is 0 Å². The lowest BCUT2D eigenvalue weighted by Crippen LogP contribution is -2.43. The third kappa shape index (κ3) is 1.66. The van der Waals surface area contributed by atoms with Gasteiger partial charge in [0.1, 0.15) is 0 Å². The fraction of sp³-hybridized carbons (Fsp3) is 1.00. The molecular weight excluding hydrogens is 114 g/mol. The summed E-state index contributed by atoms with van der Waals surface area (Å²) in [5.41, 5.74) is 6.03. The molecule has 1 atom stereocenters. The van der Waals surface area contributed by atoms with Crippen LogP contribution in [0.5, 0.6) is 0 Å². The van der Waals surface area contributed by atoms with Gasteiger partial charge in [-0.05, 0) is 13.3 Å². The van der Waals surface area contributed by atoms with Crippen LogP contribution in [0.3, 0.4) is 0 Å². The second kappa shape index (κ2) is 2.27. The summed E-state index contributed by atoms with van der Waals surface area (Å²) in [7, 11) is 0. The molecule has 0 bridgehead atoms. The summed E-state index contributed by atoms with van der Waals surface area (Å²) in [6, 6.07) is 0.318. The van der Waals surface area contributed by atoms with Crippen molar-refractivity contribution in [1.29, 1.82) is 0 Å². The van der Waals surface area contributed by atoms with Gasteiger partial charge in [0.15, 0.2) is 0 Å². The van der Waals surface area contributed by atoms with E-state index in [2.05, 4.69) is 6.92 Å². The molecule has 0 spiro atoms. The van der Waals surface area contributed by atoms with Crippen molar-refractivity contribution in [3.63, 3.8) is 0 Å². The van der Waals surface area contributed by atoms with E-state index in [0.717, 1.165) is 19.6 Å². The van der Waals surface area contributed by atoms with Crippen LogP contribution < -0.4 is 5.73 Å². The van der Waals surface area contributed by atoms with Gasteiger partial charge in [-0.2, -0.15) is 0 Å². The summed E-state index contributed by atoms with van der Waals surface area (Å²) < 4.78 is 5.08. The van der Waals surface area contributed by atoms with Crippen LogP contribution in [0.25, 0.3) is 0 Å². The Kier molecular flexibility index (Phi) is 1.78. The molecule has 1 rings (SSSR count). The third-order valence-corrected chi connectivity index (χ3v) is 1.72. The highest BCUT2D eigenvalue weighted by Gasteiger charge is 2.33. The van der Waals surface area contributed by atoms with Crippen molar-refractivity contribution < 1.29 is 4.74 Å². The fourth-order valence-corrected chi connectivity index (χ4v) is 1.35. The molecule has 2 N–H and O–H groups in total. The first kappa shape index (κ1) is 7.03. The van der Waals surface area contributed by atoms with E-state index in [1.807, 2.05) is 6.92 Å². The number of hydrogen-bond donors (Lipinski definition) is 1. The summed E-state index contributed by atoms with van der Waals surface area (Å²) in [6.07, 6.45) is 1.09. The van der Waals surface area contributed by atoms with Crippen LogP contribution in [-0.4, -0.2) is 19.3 Å². The molecule has 1 heterocycles. The van der Waals surface area contributed by atoms with E-state index in [1.165, 1.54) is 0 Å². The Morgan fingerprint density at radius 3 is 2.33 bits per heavy atom. The summed E-state index contributed by atoms with van der Waals surface area (Å²) in [4.78, 5) is 0. The van der Waals surface area contributed by atoms with Crippen molar-refractivity contribution in [2.24, 2.45) is 11.1 Å². The molecular formula is C7H15NO. The Morgan fingerprint density at radius 2 is 2.22 bits per heavy atom. The van der Waals surface area contributed by atoms with E-state index in [9.17, 15) is 0 Å². The molecule has 0 aromatic heterocycles. The molecule has 0 radical (unpaired) electrons. The van der Waals surface area contributed by atoms with Gasteiger partial charge in [-0.1, -0.05) is 6.92 Å². The smallest absolute Gasteiger partial charge is 0.0542 e. The predicted octanol–water partition coefficient (Wildman–Crippen LogP) is 0.760. The largest absolute Gasteiger partial charge is 0.380 e. The topological polar surface area (TPSA) is 35.2 Å². The first-order valence-electron chi connectivity index (χ1n) is 3.46. The van der Waals surface area contributed by atoms with E-state index in [4.69, 9.17) is 10.5 Å². The van der Waals surface area contributed by atoms with Gasteiger partial charge in [0, 0.05) is 11.5 Å². The van der Waals surface area contributed by atoms with Gasteiger partial charge >= 0.3 is 0 Å². The van der Waals surface area contributed by atoms with Gasteiger partial charge in [0.25, 0.3) is 0 Å². The van der Waals surface area contributed by atoms with Crippen LogP contribution in [0.2, 0.25) is 0 Å². The van der Waals surface area contributed by atoms with Gasteiger partial charge in [0.2, 0.25) is 0 Å². The second-order valence-electron chi connectivity index (χ2n) is 3.48. The SMILES string of the molecule is C[C@H](N)CC1(C)COC1. The van der Waals surface area contributed by atoms with E-state index in [0.29, 0.717) is 11.5 Å². The maximum Gasteiger partial charge on any atom is 0.0542 e. The molecule has 1 saturated heterocycles. The molecule has 1 aliphatic heterocycles. The van der Waals surface area contributed by atoms with Crippen molar-refractivity contribution in [2.75, 3.05) is 13.2 Å². The zero-order valence-electron chi connectivity index (χ0n) is 6.18. The Labute approximate surface area is 56.4 Å². The monoisotopic (exact) mass is 129 g/mol. The van der Waals surface area contributed by atoms with Crippen LogP contribution in [0.15, 0.2) is 0 Å². The lowest BCUT2D eigenvalue weighted by Gasteiger charge is -2.39. The van der Waals surface area contributed by atoms with E-state index < -0.39 is 0 Å². The van der Waals surface area contributed by atoms with Crippen LogP contribution in [0.4, 0.5) is 0 Å². The average molecular weight is 129 g/mol. The molecule has 0 aromatic rings. The second-order valence-corrected chi connectivity index (χ2v) is 3.48. The number of nitrogens with two attached hydrogens (primary N) is 1. The molecule has 2 heteroatoms. The average Bonchev–Trinajstić information content (AvgIpc) is 1.60. The van der Waals surface area contributed by atoms with Gasteiger partial charge in [0.05, 0.1) is 13.2 Å². The first-order chi connectivity index (χ1) is 4.12. The maximum absolute atomic E-state index is 5.63. The van der Waals surface area contributed by atoms with Crippen LogP contribution in [-0.2, 0) is 4.74 Å². The lowest BCUT2D eigenvalue weighted by molar-refractivity contribution is -0.107. The van der Waals surface area contributed by atoms with Gasteiger partial charge in [-0.3, -0.25) is 0 Å². The highest BCUT2D eigenvalue weighted by atomic mass is 16.5. The predicted molar refractivity (Wildman–Crippen MR) is 37.2 cm³/mol. The van der Waals surface area contributed by atoms with Gasteiger partial charge in [-0.25, -0.2) is 0 Å². The molecule has 0 aliphatic carbocycles. The molecule has 0 aromatic carbocycles. The highest BCUT2D eigenvalue weighted by Crippen LogP contribution is 2.30. The van der Waals surface area contributed by atoms with Crippen LogP contribution >= 0.6 is 0 Å². The molecule has 0 saturated carbocycles. The molecule has 2 nitrogen and oxygen atoms in total. The van der Waals surface area contributed by atoms with E-state index in [1.54, 1.807) is 0 Å². The minimum absolute atomic E-state index is 0.318. The number of rotatable bonds is 2. The first-order valence-corrected chi connectivity index (χ1v) is 3.46. The number of ether oxygens (including phenoxy) is 1. The van der Waals surface area contributed by atoms with Crippen LogP contribution in [0.1, 0.15) is 20.3 Å². The molecule has 54 valence electrons. The molecule has 0 amide bonds. The van der Waals surface area contributed by atoms with Gasteiger partial charge in [-0.15, -0.1) is 0 Å². The third-order valence-electron chi connectivity index (χ3n) is 1.72. The van der Waals surface area contributed by atoms with E-state index in [-0.39, 0.29) is 0 Å². The Morgan fingerprint density at radius 1 is 1.67 bits per heavy atom. The Bertz CT molecular complexity index is 97.1.